The third-order valence-electron chi connectivity index (χ3n) is 4.93. The number of rotatable bonds is 6. The first-order valence-electron chi connectivity index (χ1n) is 8.92. The van der Waals surface area contributed by atoms with Gasteiger partial charge in [-0.25, -0.2) is 0 Å². The lowest BCUT2D eigenvalue weighted by atomic mass is 9.88. The molecule has 1 aromatic rings. The van der Waals surface area contributed by atoms with Crippen LogP contribution in [0.25, 0.3) is 0 Å². The normalized spacial score (nSPS) is 22.8. The van der Waals surface area contributed by atoms with Crippen molar-refractivity contribution in [1.82, 2.24) is 10.2 Å². The van der Waals surface area contributed by atoms with Crippen LogP contribution in [0.1, 0.15) is 46.1 Å². The van der Waals surface area contributed by atoms with Gasteiger partial charge < -0.3 is 5.32 Å². The van der Waals surface area contributed by atoms with Crippen LogP contribution in [0.3, 0.4) is 0 Å². The van der Waals surface area contributed by atoms with Gasteiger partial charge in [0.2, 0.25) is 5.91 Å². The van der Waals surface area contributed by atoms with Crippen molar-refractivity contribution in [3.63, 3.8) is 0 Å². The van der Waals surface area contributed by atoms with E-state index in [-0.39, 0.29) is 11.4 Å². The molecule has 0 aliphatic carbocycles. The lowest BCUT2D eigenvalue weighted by molar-refractivity contribution is -0.121. The Morgan fingerprint density at radius 3 is 2.39 bits per heavy atom. The largest absolute Gasteiger partial charge is 0.354 e. The van der Waals surface area contributed by atoms with E-state index in [0.29, 0.717) is 6.42 Å². The highest BCUT2D eigenvalue weighted by Crippen LogP contribution is 2.26. The van der Waals surface area contributed by atoms with Crippen molar-refractivity contribution < 1.29 is 4.79 Å². The Morgan fingerprint density at radius 1 is 1.17 bits per heavy atom. The van der Waals surface area contributed by atoms with E-state index in [9.17, 15) is 4.79 Å². The standard InChI is InChI=1S/C20H32N2O/c1-16-12-17(2)14-22(13-16)20(3,4)15-21-19(23)11-10-18-8-6-5-7-9-18/h5-9,16-17H,10-15H2,1-4H3,(H,21,23)/t16-,17+. The number of likely N-dealkylation sites (tertiary alicyclic amines) is 1. The van der Waals surface area contributed by atoms with Crippen LogP contribution in [-0.2, 0) is 11.2 Å². The van der Waals surface area contributed by atoms with E-state index >= 15 is 0 Å². The number of nitrogens with one attached hydrogen (secondary N) is 1. The van der Waals surface area contributed by atoms with E-state index in [4.69, 9.17) is 0 Å². The van der Waals surface area contributed by atoms with Crippen molar-refractivity contribution in [2.75, 3.05) is 19.6 Å². The van der Waals surface area contributed by atoms with Crippen LogP contribution in [-0.4, -0.2) is 36.0 Å². The fourth-order valence-electron chi connectivity index (χ4n) is 3.57. The second kappa shape index (κ2) is 7.96. The Labute approximate surface area is 141 Å². The molecule has 3 heteroatoms. The third kappa shape index (κ3) is 5.65. The van der Waals surface area contributed by atoms with Gasteiger partial charge in [0, 0.05) is 31.6 Å². The number of carbonyl (C=O) groups is 1. The first-order valence-corrected chi connectivity index (χ1v) is 8.92. The quantitative estimate of drug-likeness (QED) is 0.871. The summed E-state index contributed by atoms with van der Waals surface area (Å²) in [4.78, 5) is 14.7. The van der Waals surface area contributed by atoms with Gasteiger partial charge in [-0.15, -0.1) is 0 Å². The van der Waals surface area contributed by atoms with Gasteiger partial charge in [-0.05, 0) is 44.1 Å². The molecule has 0 saturated carbocycles. The van der Waals surface area contributed by atoms with Gasteiger partial charge in [0.05, 0.1) is 0 Å². The molecule has 0 radical (unpaired) electrons. The second-order valence-corrected chi connectivity index (χ2v) is 7.93. The third-order valence-corrected chi connectivity index (χ3v) is 4.93. The average molecular weight is 316 g/mol. The van der Waals surface area contributed by atoms with Crippen molar-refractivity contribution in [2.45, 2.75) is 52.5 Å². The number of hydrogen-bond donors (Lipinski definition) is 1. The molecule has 2 atom stereocenters. The smallest absolute Gasteiger partial charge is 0.220 e. The number of hydrogen-bond acceptors (Lipinski definition) is 2. The lowest BCUT2D eigenvalue weighted by Crippen LogP contribution is -2.56. The van der Waals surface area contributed by atoms with Crippen LogP contribution in [0.2, 0.25) is 0 Å². The summed E-state index contributed by atoms with van der Waals surface area (Å²) in [5.41, 5.74) is 1.24. The monoisotopic (exact) mass is 316 g/mol. The van der Waals surface area contributed by atoms with E-state index in [1.54, 1.807) is 0 Å². The predicted octanol–water partition coefficient (Wildman–Crippen LogP) is 3.49. The van der Waals surface area contributed by atoms with Crippen molar-refractivity contribution in [3.05, 3.63) is 35.9 Å². The first kappa shape index (κ1) is 18.0. The Hall–Kier alpha value is -1.35. The maximum Gasteiger partial charge on any atom is 0.220 e. The molecule has 23 heavy (non-hydrogen) atoms. The van der Waals surface area contributed by atoms with Crippen molar-refractivity contribution in [1.29, 1.82) is 0 Å². The molecule has 0 spiro atoms. The number of nitrogens with zero attached hydrogens (tertiary/aromatic N) is 1. The number of aryl methyl sites for hydroxylation is 1. The van der Waals surface area contributed by atoms with E-state index < -0.39 is 0 Å². The molecule has 0 bridgehead atoms. The van der Waals surface area contributed by atoms with E-state index in [0.717, 1.165) is 37.9 Å². The molecular formula is C20H32N2O. The molecule has 128 valence electrons. The number of benzene rings is 1. The Balaban J connectivity index is 1.78. The molecular weight excluding hydrogens is 284 g/mol. The van der Waals surface area contributed by atoms with Crippen LogP contribution >= 0.6 is 0 Å². The molecule has 3 nitrogen and oxygen atoms in total. The summed E-state index contributed by atoms with van der Waals surface area (Å²) in [6.45, 7) is 12.1. The summed E-state index contributed by atoms with van der Waals surface area (Å²) in [5.74, 6) is 1.64. The number of carbonyl (C=O) groups excluding carboxylic acids is 1. The van der Waals surface area contributed by atoms with E-state index in [1.807, 2.05) is 18.2 Å². The van der Waals surface area contributed by atoms with Crippen LogP contribution in [0.4, 0.5) is 0 Å². The molecule has 2 rings (SSSR count). The highest BCUT2D eigenvalue weighted by molar-refractivity contribution is 5.76. The van der Waals surface area contributed by atoms with Gasteiger partial charge >= 0.3 is 0 Å². The second-order valence-electron chi connectivity index (χ2n) is 7.93. The molecule has 1 saturated heterocycles. The molecule has 1 aliphatic heterocycles. The van der Waals surface area contributed by atoms with Gasteiger partial charge in [0.15, 0.2) is 0 Å². The van der Waals surface area contributed by atoms with Gasteiger partial charge in [-0.3, -0.25) is 9.69 Å². The molecule has 1 fully saturated rings. The van der Waals surface area contributed by atoms with Crippen LogP contribution in [0, 0.1) is 11.8 Å². The van der Waals surface area contributed by atoms with Crippen molar-refractivity contribution in [3.8, 4) is 0 Å². The highest BCUT2D eigenvalue weighted by atomic mass is 16.1. The zero-order chi connectivity index (χ0) is 16.9. The summed E-state index contributed by atoms with van der Waals surface area (Å²) in [7, 11) is 0. The Morgan fingerprint density at radius 2 is 1.78 bits per heavy atom. The summed E-state index contributed by atoms with van der Waals surface area (Å²) < 4.78 is 0. The van der Waals surface area contributed by atoms with Crippen LogP contribution < -0.4 is 5.32 Å². The highest BCUT2D eigenvalue weighted by Gasteiger charge is 2.32. The van der Waals surface area contributed by atoms with Crippen molar-refractivity contribution >= 4 is 5.91 Å². The summed E-state index contributed by atoms with van der Waals surface area (Å²) in [5, 5.41) is 3.14. The molecule has 1 amide bonds. The number of amides is 1. The summed E-state index contributed by atoms with van der Waals surface area (Å²) in [6, 6.07) is 10.2. The first-order chi connectivity index (χ1) is 10.9. The van der Waals surface area contributed by atoms with Crippen molar-refractivity contribution in [2.24, 2.45) is 11.8 Å². The van der Waals surface area contributed by atoms with E-state index in [1.165, 1.54) is 12.0 Å². The Kier molecular flexibility index (Phi) is 6.23. The van der Waals surface area contributed by atoms with Crippen LogP contribution in [0.5, 0.6) is 0 Å². The molecule has 0 aromatic heterocycles. The molecule has 1 aliphatic rings. The summed E-state index contributed by atoms with van der Waals surface area (Å²) >= 11 is 0. The Bertz CT molecular complexity index is 488. The van der Waals surface area contributed by atoms with Gasteiger partial charge in [-0.2, -0.15) is 0 Å². The topological polar surface area (TPSA) is 32.3 Å². The van der Waals surface area contributed by atoms with Gasteiger partial charge in [0.1, 0.15) is 0 Å². The molecule has 1 N–H and O–H groups in total. The molecule has 0 unspecified atom stereocenters. The van der Waals surface area contributed by atoms with E-state index in [2.05, 4.69) is 50.0 Å². The maximum absolute atomic E-state index is 12.1. The summed E-state index contributed by atoms with van der Waals surface area (Å²) in [6.07, 6.45) is 2.69. The number of piperidine rings is 1. The SMILES string of the molecule is C[C@@H]1C[C@H](C)CN(C(C)(C)CNC(=O)CCc2ccccc2)C1. The molecule has 1 heterocycles. The maximum atomic E-state index is 12.1. The predicted molar refractivity (Wildman–Crippen MR) is 96.4 cm³/mol. The zero-order valence-corrected chi connectivity index (χ0v) is 15.1. The fourth-order valence-corrected chi connectivity index (χ4v) is 3.57. The van der Waals surface area contributed by atoms with Gasteiger partial charge in [0.25, 0.3) is 0 Å². The minimum absolute atomic E-state index is 0.0192. The van der Waals surface area contributed by atoms with Crippen LogP contribution in [0.15, 0.2) is 30.3 Å². The lowest BCUT2D eigenvalue weighted by Gasteiger charge is -2.45. The fraction of sp³-hybridized carbons (Fsp3) is 0.650. The molecule has 1 aromatic carbocycles. The minimum atomic E-state index is 0.0192. The zero-order valence-electron chi connectivity index (χ0n) is 15.1. The average Bonchev–Trinajstić information content (AvgIpc) is 2.51. The van der Waals surface area contributed by atoms with Gasteiger partial charge in [-0.1, -0.05) is 44.2 Å². The minimum Gasteiger partial charge on any atom is -0.354 e.